The summed E-state index contributed by atoms with van der Waals surface area (Å²) in [6.07, 6.45) is 5.86. The Kier molecular flexibility index (Phi) is 4.00. The number of hydrogen-bond acceptors (Lipinski definition) is 3. The first-order chi connectivity index (χ1) is 8.33. The molecule has 0 bridgehead atoms. The van der Waals surface area contributed by atoms with E-state index in [1.54, 1.807) is 16.9 Å². The second-order valence-corrected chi connectivity index (χ2v) is 4.16. The van der Waals surface area contributed by atoms with Crippen molar-refractivity contribution >= 4 is 35.6 Å². The minimum absolute atomic E-state index is 0. The van der Waals surface area contributed by atoms with Crippen LogP contribution in [-0.4, -0.2) is 26.6 Å². The molecule has 96 valence electrons. The van der Waals surface area contributed by atoms with Crippen molar-refractivity contribution in [1.29, 1.82) is 0 Å². The summed E-state index contributed by atoms with van der Waals surface area (Å²) in [5.41, 5.74) is 7.57. The molecule has 0 unspecified atom stereocenters. The molecule has 0 aliphatic heterocycles. The summed E-state index contributed by atoms with van der Waals surface area (Å²) in [5, 5.41) is 7.34. The minimum Gasteiger partial charge on any atom is -0.370 e. The molecule has 2 aromatic rings. The summed E-state index contributed by atoms with van der Waals surface area (Å²) < 4.78 is 1.77. The van der Waals surface area contributed by atoms with E-state index in [2.05, 4.69) is 20.4 Å². The number of fused-ring (bicyclic) bond motifs is 1. The van der Waals surface area contributed by atoms with E-state index in [1.165, 1.54) is 12.8 Å². The fraction of sp³-hybridized carbons (Fsp3) is 0.364. The Balaban J connectivity index is 0.00000120. The number of aromatic nitrogens is 3. The topological polar surface area (TPSA) is 80.6 Å². The molecule has 0 amide bonds. The Hall–Kier alpha value is -1.38. The van der Waals surface area contributed by atoms with E-state index in [1.807, 2.05) is 12.1 Å². The van der Waals surface area contributed by atoms with Gasteiger partial charge in [0.25, 0.3) is 0 Å². The highest BCUT2D eigenvalue weighted by molar-refractivity contribution is 14.0. The van der Waals surface area contributed by atoms with Crippen LogP contribution in [-0.2, 0) is 6.54 Å². The molecule has 3 N–H and O–H groups in total. The van der Waals surface area contributed by atoms with Crippen molar-refractivity contribution in [2.75, 3.05) is 0 Å². The lowest BCUT2D eigenvalue weighted by molar-refractivity contribution is 0.820. The standard InChI is InChI=1S/C11H14N6.HI/c12-11(16-8-1-2-8)14-7-9-3-5-13-10-4-6-15-17(9)10;/h3-6,8H,1-2,7H2,(H3,12,14,16);1H. The van der Waals surface area contributed by atoms with Gasteiger partial charge in [-0.3, -0.25) is 0 Å². The van der Waals surface area contributed by atoms with Gasteiger partial charge in [0.1, 0.15) is 0 Å². The lowest BCUT2D eigenvalue weighted by Crippen LogP contribution is -2.33. The van der Waals surface area contributed by atoms with E-state index in [4.69, 9.17) is 5.73 Å². The number of nitrogens with one attached hydrogen (secondary N) is 1. The van der Waals surface area contributed by atoms with Crippen LogP contribution in [0.3, 0.4) is 0 Å². The van der Waals surface area contributed by atoms with Gasteiger partial charge in [0.2, 0.25) is 0 Å². The molecule has 0 atom stereocenters. The van der Waals surface area contributed by atoms with Gasteiger partial charge >= 0.3 is 0 Å². The third-order valence-electron chi connectivity index (χ3n) is 2.71. The largest absolute Gasteiger partial charge is 0.370 e. The third kappa shape index (κ3) is 2.89. The first-order valence-electron chi connectivity index (χ1n) is 5.67. The van der Waals surface area contributed by atoms with Crippen LogP contribution in [0.1, 0.15) is 18.5 Å². The second-order valence-electron chi connectivity index (χ2n) is 4.16. The number of aliphatic imine (C=N–C) groups is 1. The zero-order chi connectivity index (χ0) is 11.7. The molecule has 1 aliphatic rings. The van der Waals surface area contributed by atoms with E-state index < -0.39 is 0 Å². The average molecular weight is 358 g/mol. The van der Waals surface area contributed by atoms with Gasteiger partial charge in [0, 0.05) is 18.3 Å². The summed E-state index contributed by atoms with van der Waals surface area (Å²) in [5.74, 6) is 0.504. The van der Waals surface area contributed by atoms with Gasteiger partial charge in [-0.25, -0.2) is 14.5 Å². The van der Waals surface area contributed by atoms with Crippen molar-refractivity contribution in [3.63, 3.8) is 0 Å². The summed E-state index contributed by atoms with van der Waals surface area (Å²) >= 11 is 0. The van der Waals surface area contributed by atoms with Crippen LogP contribution in [0.15, 0.2) is 29.5 Å². The van der Waals surface area contributed by atoms with Crippen LogP contribution in [0.5, 0.6) is 0 Å². The minimum atomic E-state index is 0. The zero-order valence-electron chi connectivity index (χ0n) is 9.78. The Morgan fingerprint density at radius 1 is 1.44 bits per heavy atom. The predicted octanol–water partition coefficient (Wildman–Crippen LogP) is 0.914. The van der Waals surface area contributed by atoms with Gasteiger partial charge in [-0.15, -0.1) is 24.0 Å². The lowest BCUT2D eigenvalue weighted by Gasteiger charge is -2.04. The summed E-state index contributed by atoms with van der Waals surface area (Å²) in [7, 11) is 0. The maximum absolute atomic E-state index is 5.78. The smallest absolute Gasteiger partial charge is 0.189 e. The summed E-state index contributed by atoms with van der Waals surface area (Å²) in [6.45, 7) is 0.506. The molecule has 0 saturated heterocycles. The highest BCUT2D eigenvalue weighted by atomic mass is 127. The molecule has 18 heavy (non-hydrogen) atoms. The van der Waals surface area contributed by atoms with Crippen LogP contribution >= 0.6 is 24.0 Å². The van der Waals surface area contributed by atoms with Gasteiger partial charge in [-0.2, -0.15) is 5.10 Å². The SMILES string of the molecule is I.NC(=NCc1ccnc2ccnn12)NC1CC1. The van der Waals surface area contributed by atoms with Crippen molar-refractivity contribution < 1.29 is 0 Å². The lowest BCUT2D eigenvalue weighted by atomic mass is 10.4. The van der Waals surface area contributed by atoms with Gasteiger partial charge in [-0.05, 0) is 18.9 Å². The zero-order valence-corrected chi connectivity index (χ0v) is 12.1. The number of guanidine groups is 1. The van der Waals surface area contributed by atoms with Crippen molar-refractivity contribution in [2.45, 2.75) is 25.4 Å². The highest BCUT2D eigenvalue weighted by Crippen LogP contribution is 2.18. The molecule has 7 heteroatoms. The molecular formula is C11H15IN6. The fourth-order valence-electron chi connectivity index (χ4n) is 1.65. The fourth-order valence-corrected chi connectivity index (χ4v) is 1.65. The number of halogens is 1. The van der Waals surface area contributed by atoms with E-state index in [9.17, 15) is 0 Å². The van der Waals surface area contributed by atoms with E-state index >= 15 is 0 Å². The van der Waals surface area contributed by atoms with Gasteiger partial charge in [0.15, 0.2) is 11.6 Å². The Morgan fingerprint density at radius 3 is 3.06 bits per heavy atom. The quantitative estimate of drug-likeness (QED) is 0.486. The number of nitrogens with zero attached hydrogens (tertiary/aromatic N) is 4. The van der Waals surface area contributed by atoms with Gasteiger partial charge in [0.05, 0.1) is 18.4 Å². The molecule has 2 heterocycles. The second kappa shape index (κ2) is 5.51. The summed E-state index contributed by atoms with van der Waals surface area (Å²) in [4.78, 5) is 8.49. The first-order valence-corrected chi connectivity index (χ1v) is 5.67. The van der Waals surface area contributed by atoms with Crippen LogP contribution in [0.2, 0.25) is 0 Å². The molecule has 3 rings (SSSR count). The molecule has 1 fully saturated rings. The van der Waals surface area contributed by atoms with Gasteiger partial charge in [-0.1, -0.05) is 0 Å². The Bertz CT molecular complexity index is 559. The average Bonchev–Trinajstić information content (AvgIpc) is 3.00. The van der Waals surface area contributed by atoms with Crippen LogP contribution in [0, 0.1) is 0 Å². The molecule has 6 nitrogen and oxygen atoms in total. The highest BCUT2D eigenvalue weighted by Gasteiger charge is 2.21. The van der Waals surface area contributed by atoms with Crippen LogP contribution in [0.4, 0.5) is 0 Å². The van der Waals surface area contributed by atoms with Crippen molar-refractivity contribution in [2.24, 2.45) is 10.7 Å². The normalized spacial score (nSPS) is 15.4. The Morgan fingerprint density at radius 2 is 2.28 bits per heavy atom. The van der Waals surface area contributed by atoms with Crippen molar-refractivity contribution in [1.82, 2.24) is 19.9 Å². The van der Waals surface area contributed by atoms with E-state index in [0.29, 0.717) is 18.5 Å². The van der Waals surface area contributed by atoms with Gasteiger partial charge < -0.3 is 11.1 Å². The monoisotopic (exact) mass is 358 g/mol. The molecule has 0 radical (unpaired) electrons. The maximum Gasteiger partial charge on any atom is 0.189 e. The molecular weight excluding hydrogens is 343 g/mol. The molecule has 1 aliphatic carbocycles. The predicted molar refractivity (Wildman–Crippen MR) is 79.9 cm³/mol. The molecule has 0 aromatic carbocycles. The molecule has 1 saturated carbocycles. The summed E-state index contributed by atoms with van der Waals surface area (Å²) in [6, 6.07) is 4.29. The maximum atomic E-state index is 5.78. The Labute approximate surface area is 122 Å². The van der Waals surface area contributed by atoms with Crippen molar-refractivity contribution in [3.8, 4) is 0 Å². The van der Waals surface area contributed by atoms with Crippen LogP contribution in [0.25, 0.3) is 5.65 Å². The molecule has 0 spiro atoms. The molecule has 2 aromatic heterocycles. The van der Waals surface area contributed by atoms with E-state index in [-0.39, 0.29) is 24.0 Å². The van der Waals surface area contributed by atoms with E-state index in [0.717, 1.165) is 11.3 Å². The van der Waals surface area contributed by atoms with Crippen LogP contribution < -0.4 is 11.1 Å². The number of nitrogens with two attached hydrogens (primary N) is 1. The number of hydrogen-bond donors (Lipinski definition) is 2. The van der Waals surface area contributed by atoms with Crippen molar-refractivity contribution in [3.05, 3.63) is 30.2 Å². The third-order valence-corrected chi connectivity index (χ3v) is 2.71. The first kappa shape index (κ1) is 13.1. The number of rotatable bonds is 3.